The van der Waals surface area contributed by atoms with Crippen molar-refractivity contribution in [3.05, 3.63) is 72.3 Å². The first-order chi connectivity index (χ1) is 14.1. The van der Waals surface area contributed by atoms with Crippen LogP contribution in [0.2, 0.25) is 0 Å². The van der Waals surface area contributed by atoms with Crippen molar-refractivity contribution in [1.82, 2.24) is 14.8 Å². The summed E-state index contributed by atoms with van der Waals surface area (Å²) in [5.41, 5.74) is 2.58. The highest BCUT2D eigenvalue weighted by Crippen LogP contribution is 2.17. The van der Waals surface area contributed by atoms with Gasteiger partial charge in [0.25, 0.3) is 5.91 Å². The zero-order valence-electron chi connectivity index (χ0n) is 15.9. The van der Waals surface area contributed by atoms with Crippen molar-refractivity contribution in [2.75, 3.05) is 31.0 Å². The first-order valence-corrected chi connectivity index (χ1v) is 8.89. The molecule has 3 aromatic rings. The number of rotatable bonds is 8. The fourth-order valence-electron chi connectivity index (χ4n) is 2.51. The Morgan fingerprint density at radius 2 is 1.79 bits per heavy atom. The van der Waals surface area contributed by atoms with Crippen LogP contribution in [0.3, 0.4) is 0 Å². The zero-order valence-corrected chi connectivity index (χ0v) is 15.9. The minimum absolute atomic E-state index is 0.158. The number of anilines is 2. The van der Waals surface area contributed by atoms with Gasteiger partial charge in [-0.25, -0.2) is 14.5 Å². The molecule has 0 saturated carbocycles. The normalized spacial score (nSPS) is 10.4. The van der Waals surface area contributed by atoms with Gasteiger partial charge >= 0.3 is 6.09 Å². The number of hydrogen-bond donors (Lipinski definition) is 2. The standard InChI is InChI=1S/C20H21N5O4/c1-28-9-10-29-20(27)24-18-4-2-3-17(11-18)23-19(26)16-7-5-15(6-8-16)12-25-14-21-13-22-25/h2-8,11,13-14H,9-10,12H2,1H3,(H,23,26)(H,24,27). The van der Waals surface area contributed by atoms with Crippen molar-refractivity contribution in [2.24, 2.45) is 0 Å². The van der Waals surface area contributed by atoms with Crippen molar-refractivity contribution in [1.29, 1.82) is 0 Å². The van der Waals surface area contributed by atoms with Crippen LogP contribution >= 0.6 is 0 Å². The number of carbonyl (C=O) groups excluding carboxylic acids is 2. The Hall–Kier alpha value is -3.72. The third-order valence-corrected chi connectivity index (χ3v) is 3.91. The second kappa shape index (κ2) is 10.00. The van der Waals surface area contributed by atoms with E-state index in [0.717, 1.165) is 5.56 Å². The van der Waals surface area contributed by atoms with Crippen LogP contribution in [0.5, 0.6) is 0 Å². The lowest BCUT2D eigenvalue weighted by atomic mass is 10.1. The minimum Gasteiger partial charge on any atom is -0.447 e. The van der Waals surface area contributed by atoms with Gasteiger partial charge in [-0.15, -0.1) is 0 Å². The fraction of sp³-hybridized carbons (Fsp3) is 0.200. The summed E-state index contributed by atoms with van der Waals surface area (Å²) >= 11 is 0. The van der Waals surface area contributed by atoms with E-state index in [-0.39, 0.29) is 12.5 Å². The number of methoxy groups -OCH3 is 1. The van der Waals surface area contributed by atoms with E-state index in [1.807, 2.05) is 12.1 Å². The predicted octanol–water partition coefficient (Wildman–Crippen LogP) is 2.77. The van der Waals surface area contributed by atoms with Crippen LogP contribution in [0.25, 0.3) is 0 Å². The summed E-state index contributed by atoms with van der Waals surface area (Å²) in [7, 11) is 1.53. The zero-order chi connectivity index (χ0) is 20.5. The highest BCUT2D eigenvalue weighted by molar-refractivity contribution is 6.04. The first-order valence-electron chi connectivity index (χ1n) is 8.89. The smallest absolute Gasteiger partial charge is 0.411 e. The van der Waals surface area contributed by atoms with E-state index in [2.05, 4.69) is 20.7 Å². The van der Waals surface area contributed by atoms with Crippen LogP contribution in [-0.2, 0) is 16.0 Å². The van der Waals surface area contributed by atoms with Gasteiger partial charge in [0, 0.05) is 24.0 Å². The van der Waals surface area contributed by atoms with Crippen LogP contribution in [0.15, 0.2) is 61.2 Å². The van der Waals surface area contributed by atoms with E-state index in [1.165, 1.54) is 13.4 Å². The van der Waals surface area contributed by atoms with E-state index in [9.17, 15) is 9.59 Å². The maximum Gasteiger partial charge on any atom is 0.411 e. The molecule has 9 heteroatoms. The molecule has 0 radical (unpaired) electrons. The number of benzene rings is 2. The molecule has 150 valence electrons. The SMILES string of the molecule is COCCOC(=O)Nc1cccc(NC(=O)c2ccc(Cn3cncn3)cc2)c1. The Morgan fingerprint density at radius 1 is 1.03 bits per heavy atom. The van der Waals surface area contributed by atoms with E-state index in [1.54, 1.807) is 47.4 Å². The summed E-state index contributed by atoms with van der Waals surface area (Å²) in [6, 6.07) is 14.0. The molecule has 0 aliphatic rings. The molecule has 0 bridgehead atoms. The van der Waals surface area contributed by atoms with Gasteiger partial charge in [-0.1, -0.05) is 18.2 Å². The maximum atomic E-state index is 12.5. The monoisotopic (exact) mass is 395 g/mol. The second-order valence-electron chi connectivity index (χ2n) is 6.08. The Balaban J connectivity index is 1.56. The van der Waals surface area contributed by atoms with Crippen molar-refractivity contribution < 1.29 is 19.1 Å². The molecule has 0 unspecified atom stereocenters. The van der Waals surface area contributed by atoms with Crippen molar-refractivity contribution in [2.45, 2.75) is 6.54 Å². The number of nitrogens with zero attached hydrogens (tertiary/aromatic N) is 3. The Morgan fingerprint density at radius 3 is 2.48 bits per heavy atom. The predicted molar refractivity (Wildman–Crippen MR) is 107 cm³/mol. The number of amides is 2. The second-order valence-corrected chi connectivity index (χ2v) is 6.08. The molecule has 9 nitrogen and oxygen atoms in total. The Kier molecular flexibility index (Phi) is 6.90. The third kappa shape index (κ3) is 6.15. The molecule has 3 rings (SSSR count). The highest BCUT2D eigenvalue weighted by atomic mass is 16.6. The van der Waals surface area contributed by atoms with Gasteiger partial charge < -0.3 is 14.8 Å². The van der Waals surface area contributed by atoms with E-state index < -0.39 is 6.09 Å². The quantitative estimate of drug-likeness (QED) is 0.568. The average Bonchev–Trinajstić information content (AvgIpc) is 3.22. The molecule has 2 aromatic carbocycles. The van der Waals surface area contributed by atoms with E-state index >= 15 is 0 Å². The van der Waals surface area contributed by atoms with Gasteiger partial charge in [-0.2, -0.15) is 5.10 Å². The molecular weight excluding hydrogens is 374 g/mol. The van der Waals surface area contributed by atoms with E-state index in [4.69, 9.17) is 9.47 Å². The molecule has 2 N–H and O–H groups in total. The fourth-order valence-corrected chi connectivity index (χ4v) is 2.51. The molecule has 1 heterocycles. The Labute approximate surface area is 167 Å². The molecule has 0 spiro atoms. The van der Waals surface area contributed by atoms with Crippen molar-refractivity contribution in [3.63, 3.8) is 0 Å². The van der Waals surface area contributed by atoms with Crippen LogP contribution in [0.1, 0.15) is 15.9 Å². The van der Waals surface area contributed by atoms with Crippen LogP contribution < -0.4 is 10.6 Å². The molecule has 0 aliphatic carbocycles. The molecule has 0 atom stereocenters. The maximum absolute atomic E-state index is 12.5. The number of nitrogens with one attached hydrogen (secondary N) is 2. The van der Waals surface area contributed by atoms with Crippen LogP contribution in [-0.4, -0.2) is 47.1 Å². The van der Waals surface area contributed by atoms with E-state index in [0.29, 0.717) is 30.1 Å². The van der Waals surface area contributed by atoms with Gasteiger partial charge in [-0.3, -0.25) is 10.1 Å². The molecule has 29 heavy (non-hydrogen) atoms. The topological polar surface area (TPSA) is 107 Å². The number of hydrogen-bond acceptors (Lipinski definition) is 6. The molecule has 0 saturated heterocycles. The van der Waals surface area contributed by atoms with Gasteiger partial charge in [0.15, 0.2) is 0 Å². The summed E-state index contributed by atoms with van der Waals surface area (Å²) in [4.78, 5) is 28.1. The summed E-state index contributed by atoms with van der Waals surface area (Å²) in [6.45, 7) is 1.06. The molecule has 1 aromatic heterocycles. The van der Waals surface area contributed by atoms with Gasteiger partial charge in [-0.05, 0) is 35.9 Å². The van der Waals surface area contributed by atoms with Gasteiger partial charge in [0.2, 0.25) is 0 Å². The summed E-state index contributed by atoms with van der Waals surface area (Å²) < 4.78 is 11.5. The minimum atomic E-state index is -0.589. The van der Waals surface area contributed by atoms with Crippen molar-refractivity contribution >= 4 is 23.4 Å². The lowest BCUT2D eigenvalue weighted by molar-refractivity contribution is 0.102. The summed E-state index contributed by atoms with van der Waals surface area (Å²) in [5, 5.41) is 9.47. The molecular formula is C20H21N5O4. The van der Waals surface area contributed by atoms with Gasteiger partial charge in [0.05, 0.1) is 13.2 Å². The highest BCUT2D eigenvalue weighted by Gasteiger charge is 2.08. The number of carbonyl (C=O) groups is 2. The first kappa shape index (κ1) is 20.0. The molecule has 0 fully saturated rings. The average molecular weight is 395 g/mol. The third-order valence-electron chi connectivity index (χ3n) is 3.91. The van der Waals surface area contributed by atoms with Gasteiger partial charge in [0.1, 0.15) is 19.3 Å². The molecule has 2 amide bonds. The number of ether oxygens (including phenoxy) is 2. The largest absolute Gasteiger partial charge is 0.447 e. The van der Waals surface area contributed by atoms with Crippen LogP contribution in [0, 0.1) is 0 Å². The Bertz CT molecular complexity index is 942. The number of aromatic nitrogens is 3. The summed E-state index contributed by atoms with van der Waals surface area (Å²) in [5.74, 6) is -0.253. The lowest BCUT2D eigenvalue weighted by Crippen LogP contribution is -2.17. The molecule has 0 aliphatic heterocycles. The van der Waals surface area contributed by atoms with Crippen LogP contribution in [0.4, 0.5) is 16.2 Å². The lowest BCUT2D eigenvalue weighted by Gasteiger charge is -2.10. The van der Waals surface area contributed by atoms with Crippen molar-refractivity contribution in [3.8, 4) is 0 Å². The summed E-state index contributed by atoms with van der Waals surface area (Å²) in [6.07, 6.45) is 2.52.